The molecule has 2 aromatic carbocycles. The van der Waals surface area contributed by atoms with Gasteiger partial charge in [-0.3, -0.25) is 4.79 Å². The average molecular weight is 377 g/mol. The summed E-state index contributed by atoms with van der Waals surface area (Å²) in [5.41, 5.74) is 10.00. The molecule has 0 saturated heterocycles. The van der Waals surface area contributed by atoms with Gasteiger partial charge in [0.2, 0.25) is 0 Å². The molecule has 0 aliphatic heterocycles. The number of hydrogen-bond acceptors (Lipinski definition) is 4. The molecule has 3 aromatic rings. The standard InChI is InChI=1S/C23H27N3O2/c1-17-12-13-19(24)15-21(17)23(27)26(2)14-8-4-7-11-20-16-22(25-28-20)18-9-5-3-6-10-18/h3,5-6,9-10,12-13,15-16H,4,7-8,11,14,24H2,1-2H3. The summed E-state index contributed by atoms with van der Waals surface area (Å²) in [6.07, 6.45) is 3.83. The average Bonchev–Trinajstić information content (AvgIpc) is 3.18. The molecule has 1 heterocycles. The van der Waals surface area contributed by atoms with E-state index in [9.17, 15) is 4.79 Å². The maximum Gasteiger partial charge on any atom is 0.253 e. The van der Waals surface area contributed by atoms with Crippen LogP contribution in [0.15, 0.2) is 59.1 Å². The summed E-state index contributed by atoms with van der Waals surface area (Å²) in [6, 6.07) is 17.5. The molecule has 28 heavy (non-hydrogen) atoms. The third kappa shape index (κ3) is 5.00. The molecule has 5 nitrogen and oxygen atoms in total. The molecule has 0 saturated carbocycles. The Morgan fingerprint density at radius 1 is 1.07 bits per heavy atom. The fraction of sp³-hybridized carbons (Fsp3) is 0.304. The van der Waals surface area contributed by atoms with Crippen molar-refractivity contribution in [3.05, 3.63) is 71.5 Å². The monoisotopic (exact) mass is 377 g/mol. The Labute approximate surface area is 166 Å². The summed E-state index contributed by atoms with van der Waals surface area (Å²) in [7, 11) is 1.84. The number of aryl methyl sites for hydroxylation is 2. The van der Waals surface area contributed by atoms with Gasteiger partial charge in [0.1, 0.15) is 11.5 Å². The topological polar surface area (TPSA) is 72.4 Å². The maximum absolute atomic E-state index is 12.6. The Kier molecular flexibility index (Phi) is 6.48. The van der Waals surface area contributed by atoms with Gasteiger partial charge in [0.15, 0.2) is 0 Å². The third-order valence-corrected chi connectivity index (χ3v) is 4.88. The number of unbranched alkanes of at least 4 members (excludes halogenated alkanes) is 2. The lowest BCUT2D eigenvalue weighted by molar-refractivity contribution is 0.0792. The van der Waals surface area contributed by atoms with Crippen LogP contribution in [0.4, 0.5) is 5.69 Å². The number of nitrogens with zero attached hydrogens (tertiary/aromatic N) is 2. The van der Waals surface area contributed by atoms with E-state index in [1.54, 1.807) is 11.0 Å². The molecule has 3 rings (SSSR count). The molecule has 146 valence electrons. The minimum atomic E-state index is 0.0209. The number of aromatic nitrogens is 1. The van der Waals surface area contributed by atoms with Gasteiger partial charge in [-0.2, -0.15) is 0 Å². The fourth-order valence-electron chi connectivity index (χ4n) is 3.18. The smallest absolute Gasteiger partial charge is 0.253 e. The summed E-state index contributed by atoms with van der Waals surface area (Å²) in [4.78, 5) is 14.4. The Morgan fingerprint density at radius 2 is 1.86 bits per heavy atom. The Hall–Kier alpha value is -3.08. The van der Waals surface area contributed by atoms with Crippen molar-refractivity contribution in [2.24, 2.45) is 0 Å². The van der Waals surface area contributed by atoms with Crippen LogP contribution < -0.4 is 5.73 Å². The predicted molar refractivity (Wildman–Crippen MR) is 112 cm³/mol. The molecule has 0 aliphatic rings. The van der Waals surface area contributed by atoms with Crippen molar-refractivity contribution in [2.75, 3.05) is 19.3 Å². The summed E-state index contributed by atoms with van der Waals surface area (Å²) >= 11 is 0. The predicted octanol–water partition coefficient (Wildman–Crippen LogP) is 4.72. The van der Waals surface area contributed by atoms with E-state index in [2.05, 4.69) is 5.16 Å². The lowest BCUT2D eigenvalue weighted by Crippen LogP contribution is -2.28. The molecule has 0 spiro atoms. The number of carbonyl (C=O) groups is 1. The molecular weight excluding hydrogens is 350 g/mol. The second-order valence-electron chi connectivity index (χ2n) is 7.16. The second-order valence-corrected chi connectivity index (χ2v) is 7.16. The lowest BCUT2D eigenvalue weighted by Gasteiger charge is -2.18. The zero-order valence-electron chi connectivity index (χ0n) is 16.5. The van der Waals surface area contributed by atoms with Gasteiger partial charge in [-0.15, -0.1) is 0 Å². The molecular formula is C23H27N3O2. The van der Waals surface area contributed by atoms with E-state index in [4.69, 9.17) is 10.3 Å². The second kappa shape index (κ2) is 9.22. The highest BCUT2D eigenvalue weighted by Crippen LogP contribution is 2.20. The highest BCUT2D eigenvalue weighted by Gasteiger charge is 2.14. The van der Waals surface area contributed by atoms with Crippen LogP contribution in [0.25, 0.3) is 11.3 Å². The summed E-state index contributed by atoms with van der Waals surface area (Å²) in [6.45, 7) is 2.65. The van der Waals surface area contributed by atoms with Crippen LogP contribution in [0.1, 0.15) is 40.9 Å². The number of amides is 1. The largest absolute Gasteiger partial charge is 0.399 e. The summed E-state index contributed by atoms with van der Waals surface area (Å²) in [5.74, 6) is 0.922. The number of benzene rings is 2. The van der Waals surface area contributed by atoms with Crippen molar-refractivity contribution in [1.82, 2.24) is 10.1 Å². The SMILES string of the molecule is Cc1ccc(N)cc1C(=O)N(C)CCCCCc1cc(-c2ccccc2)no1. The molecule has 0 fully saturated rings. The van der Waals surface area contributed by atoms with E-state index in [0.717, 1.165) is 54.8 Å². The summed E-state index contributed by atoms with van der Waals surface area (Å²) in [5, 5.41) is 4.15. The van der Waals surface area contributed by atoms with Crippen molar-refractivity contribution in [1.29, 1.82) is 0 Å². The van der Waals surface area contributed by atoms with Crippen LogP contribution >= 0.6 is 0 Å². The van der Waals surface area contributed by atoms with Crippen molar-refractivity contribution in [2.45, 2.75) is 32.6 Å². The molecule has 5 heteroatoms. The van der Waals surface area contributed by atoms with Gasteiger partial charge in [0, 0.05) is 42.9 Å². The van der Waals surface area contributed by atoms with Gasteiger partial charge in [-0.05, 0) is 37.5 Å². The quantitative estimate of drug-likeness (QED) is 0.455. The van der Waals surface area contributed by atoms with Crippen molar-refractivity contribution >= 4 is 11.6 Å². The first kappa shape index (κ1) is 19.7. The number of carbonyl (C=O) groups excluding carboxylic acids is 1. The van der Waals surface area contributed by atoms with Crippen LogP contribution in [0.2, 0.25) is 0 Å². The van der Waals surface area contributed by atoms with Crippen molar-refractivity contribution in [3.63, 3.8) is 0 Å². The first-order valence-corrected chi connectivity index (χ1v) is 9.67. The van der Waals surface area contributed by atoms with Crippen LogP contribution in [0.5, 0.6) is 0 Å². The summed E-state index contributed by atoms with van der Waals surface area (Å²) < 4.78 is 5.44. The normalized spacial score (nSPS) is 10.8. The van der Waals surface area contributed by atoms with E-state index >= 15 is 0 Å². The first-order valence-electron chi connectivity index (χ1n) is 9.67. The van der Waals surface area contributed by atoms with Gasteiger partial charge >= 0.3 is 0 Å². The van der Waals surface area contributed by atoms with Crippen molar-refractivity contribution < 1.29 is 9.32 Å². The number of rotatable bonds is 8. The number of nitrogen functional groups attached to an aromatic ring is 1. The Bertz CT molecular complexity index is 919. The minimum absolute atomic E-state index is 0.0209. The Balaban J connectivity index is 1.42. The van der Waals surface area contributed by atoms with E-state index < -0.39 is 0 Å². The highest BCUT2D eigenvalue weighted by molar-refractivity contribution is 5.96. The van der Waals surface area contributed by atoms with E-state index in [-0.39, 0.29) is 5.91 Å². The Morgan fingerprint density at radius 3 is 2.64 bits per heavy atom. The van der Waals surface area contributed by atoms with Crippen LogP contribution in [0.3, 0.4) is 0 Å². The van der Waals surface area contributed by atoms with Crippen LogP contribution in [-0.4, -0.2) is 29.6 Å². The molecule has 1 aromatic heterocycles. The highest BCUT2D eigenvalue weighted by atomic mass is 16.5. The van der Waals surface area contributed by atoms with Gasteiger partial charge < -0.3 is 15.2 Å². The third-order valence-electron chi connectivity index (χ3n) is 4.88. The number of nitrogens with two attached hydrogens (primary N) is 1. The van der Waals surface area contributed by atoms with E-state index in [0.29, 0.717) is 11.3 Å². The fourth-order valence-corrected chi connectivity index (χ4v) is 3.18. The number of hydrogen-bond donors (Lipinski definition) is 1. The lowest BCUT2D eigenvalue weighted by atomic mass is 10.1. The molecule has 2 N–H and O–H groups in total. The van der Waals surface area contributed by atoms with Gasteiger partial charge in [0.05, 0.1) is 0 Å². The van der Waals surface area contributed by atoms with Crippen LogP contribution in [-0.2, 0) is 6.42 Å². The van der Waals surface area contributed by atoms with Gasteiger partial charge in [-0.1, -0.05) is 48.0 Å². The van der Waals surface area contributed by atoms with Crippen molar-refractivity contribution in [3.8, 4) is 11.3 Å². The zero-order chi connectivity index (χ0) is 19.9. The van der Waals surface area contributed by atoms with Gasteiger partial charge in [-0.25, -0.2) is 0 Å². The van der Waals surface area contributed by atoms with Crippen LogP contribution in [0, 0.1) is 6.92 Å². The molecule has 0 radical (unpaired) electrons. The maximum atomic E-state index is 12.6. The molecule has 0 atom stereocenters. The zero-order valence-corrected chi connectivity index (χ0v) is 16.5. The molecule has 0 bridgehead atoms. The first-order chi connectivity index (χ1) is 13.5. The number of anilines is 1. The van der Waals surface area contributed by atoms with E-state index in [1.165, 1.54) is 0 Å². The molecule has 0 unspecified atom stereocenters. The molecule has 1 amide bonds. The van der Waals surface area contributed by atoms with Gasteiger partial charge in [0.25, 0.3) is 5.91 Å². The molecule has 0 aliphatic carbocycles. The van der Waals surface area contributed by atoms with E-state index in [1.807, 2.05) is 62.5 Å². The minimum Gasteiger partial charge on any atom is -0.399 e.